The van der Waals surface area contributed by atoms with Crippen LogP contribution in [0, 0.1) is 5.92 Å². The Morgan fingerprint density at radius 2 is 2.00 bits per heavy atom. The van der Waals surface area contributed by atoms with Gasteiger partial charge in [-0.25, -0.2) is 35.1 Å². The first kappa shape index (κ1) is 28.0. The van der Waals surface area contributed by atoms with E-state index >= 15 is 0 Å². The molecule has 0 saturated heterocycles. The van der Waals surface area contributed by atoms with Gasteiger partial charge in [-0.3, -0.25) is 14.0 Å². The van der Waals surface area contributed by atoms with Crippen LogP contribution in [0.4, 0.5) is 38.7 Å². The fourth-order valence-corrected chi connectivity index (χ4v) is 8.43. The predicted molar refractivity (Wildman–Crippen MR) is 137 cm³/mol. The normalized spacial score (nSPS) is 25.0. The second kappa shape index (κ2) is 10.0. The highest BCUT2D eigenvalue weighted by molar-refractivity contribution is 7.90. The average Bonchev–Trinajstić information content (AvgIpc) is 3.25. The van der Waals surface area contributed by atoms with E-state index in [9.17, 15) is 35.2 Å². The summed E-state index contributed by atoms with van der Waals surface area (Å²) in [5.41, 5.74) is -0.0130. The number of thiophene rings is 1. The molecule has 18 heteroatoms. The van der Waals surface area contributed by atoms with E-state index in [2.05, 4.69) is 30.7 Å². The molecule has 0 bridgehead atoms. The molecule has 3 aliphatic carbocycles. The number of hydrogen-bond acceptors (Lipinski definition) is 8. The number of rotatable bonds is 9. The summed E-state index contributed by atoms with van der Waals surface area (Å²) in [5.74, 6) is -5.16. The van der Waals surface area contributed by atoms with Gasteiger partial charge in [-0.15, -0.1) is 21.5 Å². The first-order chi connectivity index (χ1) is 19.3. The number of fused-ring (bicyclic) bond motifs is 1. The molecule has 0 unspecified atom stereocenters. The summed E-state index contributed by atoms with van der Waals surface area (Å²) in [5, 5.41) is 17.0. The van der Waals surface area contributed by atoms with Crippen LogP contribution in [-0.4, -0.2) is 57.0 Å². The molecule has 3 N–H and O–H groups in total. The Labute approximate surface area is 234 Å². The van der Waals surface area contributed by atoms with Crippen LogP contribution in [0.25, 0.3) is 0 Å². The highest BCUT2D eigenvalue weighted by atomic mass is 32.2. The van der Waals surface area contributed by atoms with E-state index in [1.54, 1.807) is 4.57 Å². The number of sulfonamides is 1. The number of halogens is 5. The van der Waals surface area contributed by atoms with Gasteiger partial charge in [0.2, 0.25) is 21.9 Å². The molecule has 1 amide bonds. The number of hydrogen-bond donors (Lipinski definition) is 3. The number of amides is 1. The third-order valence-corrected chi connectivity index (χ3v) is 10.5. The zero-order chi connectivity index (χ0) is 29.3. The second-order valence-corrected chi connectivity index (χ2v) is 13.3. The van der Waals surface area contributed by atoms with Crippen molar-refractivity contribution in [3.63, 3.8) is 0 Å². The lowest BCUT2D eigenvalue weighted by Gasteiger charge is -2.30. The van der Waals surface area contributed by atoms with Crippen LogP contribution in [0.3, 0.4) is 0 Å². The lowest BCUT2D eigenvalue weighted by molar-refractivity contribution is -0.119. The zero-order valence-electron chi connectivity index (χ0n) is 21.5. The summed E-state index contributed by atoms with van der Waals surface area (Å²) < 4.78 is 99.2. The molecule has 3 heterocycles. The van der Waals surface area contributed by atoms with Crippen molar-refractivity contribution < 1.29 is 35.2 Å². The molecule has 0 radical (unpaired) electrons. The maximum Gasteiger partial charge on any atom is 0.282 e. The van der Waals surface area contributed by atoms with Crippen LogP contribution in [0.2, 0.25) is 0 Å². The molecular weight excluding hydrogens is 595 g/mol. The van der Waals surface area contributed by atoms with Crippen LogP contribution in [0.15, 0.2) is 17.3 Å². The predicted octanol–water partition coefficient (Wildman–Crippen LogP) is 3.86. The minimum Gasteiger partial charge on any atom is -0.316 e. The van der Waals surface area contributed by atoms with E-state index in [1.807, 2.05) is 0 Å². The van der Waals surface area contributed by atoms with Crippen molar-refractivity contribution in [2.45, 2.75) is 74.0 Å². The van der Waals surface area contributed by atoms with Gasteiger partial charge < -0.3 is 10.6 Å². The SMILES string of the molecule is Cn1nc(C(F)F)cc1Nc1nncn1[C@H]1CCc2sc(NC(=O)[C@@H]3CC3(F)F)c(S(=O)(=O)N[C@H]3C[C@@H](F)C3)c2C1. The van der Waals surface area contributed by atoms with Gasteiger partial charge >= 0.3 is 0 Å². The van der Waals surface area contributed by atoms with Crippen LogP contribution < -0.4 is 15.4 Å². The van der Waals surface area contributed by atoms with Crippen molar-refractivity contribution in [3.8, 4) is 0 Å². The monoisotopic (exact) mass is 620 g/mol. The van der Waals surface area contributed by atoms with Gasteiger partial charge in [-0.05, 0) is 37.7 Å². The molecule has 2 atom stereocenters. The van der Waals surface area contributed by atoms with Gasteiger partial charge in [0.25, 0.3) is 12.3 Å². The van der Waals surface area contributed by atoms with Crippen LogP contribution in [-0.2, 0) is 34.7 Å². The molecule has 0 aliphatic heterocycles. The Bertz CT molecular complexity index is 1600. The minimum atomic E-state index is -4.26. The highest BCUT2D eigenvalue weighted by Gasteiger charge is 2.61. The molecule has 3 aliphatic rings. The third kappa shape index (κ3) is 5.31. The summed E-state index contributed by atoms with van der Waals surface area (Å²) >= 11 is 1.02. The largest absolute Gasteiger partial charge is 0.316 e. The maximum absolute atomic E-state index is 13.6. The fourth-order valence-electron chi connectivity index (χ4n) is 5.19. The summed E-state index contributed by atoms with van der Waals surface area (Å²) in [6, 6.07) is 0.187. The molecule has 6 rings (SSSR count). The number of alkyl halides is 5. The third-order valence-electron chi connectivity index (χ3n) is 7.57. The molecule has 0 spiro atoms. The Morgan fingerprint density at radius 1 is 1.27 bits per heavy atom. The summed E-state index contributed by atoms with van der Waals surface area (Å²) in [7, 11) is -2.78. The first-order valence-electron chi connectivity index (χ1n) is 12.8. The number of anilines is 3. The molecule has 2 saturated carbocycles. The summed E-state index contributed by atoms with van der Waals surface area (Å²) in [6.45, 7) is 0. The van der Waals surface area contributed by atoms with E-state index < -0.39 is 58.5 Å². The topological polar surface area (TPSA) is 136 Å². The van der Waals surface area contributed by atoms with Gasteiger partial charge in [0.05, 0.1) is 0 Å². The standard InChI is InChI=1S/C23H25F5N8O3S2/c1-35-17(7-15(33-35)19(25)26)30-22-32-29-9-36(22)12-2-3-16-13(6-12)18(41(38,39)34-11-4-10(24)5-11)21(40-16)31-20(37)14-8-23(14,27)28/h7,9-12,14,19,34H,2-6,8H2,1H3,(H,30,32)(H,31,37)/t10-,11+,12-,14-/m0/s1. The second-order valence-electron chi connectivity index (χ2n) is 10.5. The van der Waals surface area contributed by atoms with Crippen molar-refractivity contribution in [1.82, 2.24) is 29.3 Å². The Morgan fingerprint density at radius 3 is 2.63 bits per heavy atom. The average molecular weight is 621 g/mol. The van der Waals surface area contributed by atoms with Crippen molar-refractivity contribution in [2.75, 3.05) is 10.6 Å². The van der Waals surface area contributed by atoms with E-state index in [-0.39, 0.29) is 47.0 Å². The molecule has 41 heavy (non-hydrogen) atoms. The number of nitrogens with zero attached hydrogens (tertiary/aromatic N) is 5. The van der Waals surface area contributed by atoms with Crippen LogP contribution >= 0.6 is 11.3 Å². The van der Waals surface area contributed by atoms with Crippen LogP contribution in [0.5, 0.6) is 0 Å². The molecule has 3 aromatic rings. The highest BCUT2D eigenvalue weighted by Crippen LogP contribution is 2.50. The fraction of sp³-hybridized carbons (Fsp3) is 0.565. The van der Waals surface area contributed by atoms with E-state index in [4.69, 9.17) is 0 Å². The Balaban J connectivity index is 1.30. The first-order valence-corrected chi connectivity index (χ1v) is 15.1. The number of aryl methyl sites for hydroxylation is 2. The quantitative estimate of drug-likeness (QED) is 0.309. The minimum absolute atomic E-state index is 0.0151. The van der Waals surface area contributed by atoms with Crippen molar-refractivity contribution in [1.29, 1.82) is 0 Å². The summed E-state index contributed by atoms with van der Waals surface area (Å²) in [4.78, 5) is 13.0. The van der Waals surface area contributed by atoms with E-state index in [0.29, 0.717) is 23.3 Å². The Hall–Kier alpha value is -3.12. The maximum atomic E-state index is 13.6. The molecule has 2 fully saturated rings. The van der Waals surface area contributed by atoms with Gasteiger partial charge in [-0.1, -0.05) is 0 Å². The summed E-state index contributed by atoms with van der Waals surface area (Å²) in [6.07, 6.45) is -1.96. The molecule has 222 valence electrons. The number of nitrogens with one attached hydrogen (secondary N) is 3. The number of carbonyl (C=O) groups excluding carboxylic acids is 1. The molecule has 11 nitrogen and oxygen atoms in total. The lowest BCUT2D eigenvalue weighted by atomic mass is 9.92. The van der Waals surface area contributed by atoms with Gasteiger partial charge in [0.15, 0.2) is 0 Å². The van der Waals surface area contributed by atoms with Gasteiger partial charge in [-0.2, -0.15) is 5.10 Å². The van der Waals surface area contributed by atoms with Gasteiger partial charge in [0, 0.05) is 36.5 Å². The van der Waals surface area contributed by atoms with Crippen LogP contribution in [0.1, 0.15) is 54.3 Å². The Kier molecular flexibility index (Phi) is 6.84. The molecular formula is C23H25F5N8O3S2. The van der Waals surface area contributed by atoms with Crippen molar-refractivity contribution >= 4 is 44.0 Å². The van der Waals surface area contributed by atoms with Crippen molar-refractivity contribution in [3.05, 3.63) is 28.5 Å². The zero-order valence-corrected chi connectivity index (χ0v) is 23.1. The van der Waals surface area contributed by atoms with Gasteiger partial charge in [0.1, 0.15) is 39.8 Å². The van der Waals surface area contributed by atoms with Crippen molar-refractivity contribution in [2.24, 2.45) is 13.0 Å². The molecule has 0 aromatic carbocycles. The smallest absolute Gasteiger partial charge is 0.282 e. The molecule has 3 aromatic heterocycles. The number of carbonyl (C=O) groups is 1. The van der Waals surface area contributed by atoms with E-state index in [0.717, 1.165) is 11.3 Å². The van der Waals surface area contributed by atoms with E-state index in [1.165, 1.54) is 24.1 Å². The lowest BCUT2D eigenvalue weighted by Crippen LogP contribution is -2.45. The number of aromatic nitrogens is 5.